The summed E-state index contributed by atoms with van der Waals surface area (Å²) in [7, 11) is 0. The molecule has 2 saturated heterocycles. The van der Waals surface area contributed by atoms with Gasteiger partial charge in [0, 0.05) is 31.7 Å². The molecule has 6 heteroatoms. The van der Waals surface area contributed by atoms with Gasteiger partial charge in [-0.2, -0.15) is 0 Å². The van der Waals surface area contributed by atoms with Gasteiger partial charge in [-0.15, -0.1) is 12.4 Å². The lowest BCUT2D eigenvalue weighted by molar-refractivity contribution is 0.217. The van der Waals surface area contributed by atoms with Gasteiger partial charge in [-0.05, 0) is 36.2 Å². The molecule has 2 aromatic carbocycles. The highest BCUT2D eigenvalue weighted by Crippen LogP contribution is 2.32. The molecular formula is C19H20ClN3OS. The fourth-order valence-corrected chi connectivity index (χ4v) is 4.61. The number of thiazole rings is 1. The van der Waals surface area contributed by atoms with Crippen molar-refractivity contribution in [3.05, 3.63) is 54.1 Å². The smallest absolute Gasteiger partial charge is 0.279 e. The van der Waals surface area contributed by atoms with Gasteiger partial charge in [0.1, 0.15) is 5.75 Å². The Balaban J connectivity index is 0.00000157. The number of hydrogen-bond donors (Lipinski definition) is 1. The Morgan fingerprint density at radius 3 is 2.92 bits per heavy atom. The topological polar surface area (TPSA) is 37.4 Å². The standard InChI is InChI=1S/C19H19N3OS.ClH/c1-2-7-18-17(6-1)21-19(24-18)23-16-5-3-4-13(8-16)11-22-12-14-9-15(22)10-20-14;/h1-8,14-15,20H,9-12H2;1H. The summed E-state index contributed by atoms with van der Waals surface area (Å²) >= 11 is 1.59. The molecule has 1 N–H and O–H groups in total. The zero-order valence-electron chi connectivity index (χ0n) is 13.7. The number of likely N-dealkylation sites (tertiary alicyclic amines) is 1. The summed E-state index contributed by atoms with van der Waals surface area (Å²) in [5, 5.41) is 4.26. The van der Waals surface area contributed by atoms with Crippen molar-refractivity contribution in [3.63, 3.8) is 0 Å². The van der Waals surface area contributed by atoms with Crippen LogP contribution in [0.3, 0.4) is 0 Å². The minimum Gasteiger partial charge on any atom is -0.431 e. The van der Waals surface area contributed by atoms with Crippen molar-refractivity contribution in [3.8, 4) is 10.9 Å². The summed E-state index contributed by atoms with van der Waals surface area (Å²) < 4.78 is 7.16. The van der Waals surface area contributed by atoms with Gasteiger partial charge in [-0.1, -0.05) is 35.6 Å². The largest absolute Gasteiger partial charge is 0.431 e. The quantitative estimate of drug-likeness (QED) is 0.748. The fourth-order valence-electron chi connectivity index (χ4n) is 3.78. The van der Waals surface area contributed by atoms with Crippen LogP contribution in [-0.2, 0) is 6.54 Å². The van der Waals surface area contributed by atoms with Crippen LogP contribution >= 0.6 is 23.7 Å². The van der Waals surface area contributed by atoms with Crippen LogP contribution in [0.1, 0.15) is 12.0 Å². The summed E-state index contributed by atoms with van der Waals surface area (Å²) in [6.07, 6.45) is 1.29. The molecule has 1 aromatic heterocycles. The first-order valence-corrected chi connectivity index (χ1v) is 9.25. The van der Waals surface area contributed by atoms with Gasteiger partial charge < -0.3 is 10.1 Å². The van der Waals surface area contributed by atoms with Crippen LogP contribution < -0.4 is 10.1 Å². The number of nitrogens with one attached hydrogen (secondary N) is 1. The molecule has 130 valence electrons. The normalized spacial score (nSPS) is 22.2. The van der Waals surface area contributed by atoms with Crippen LogP contribution in [0.15, 0.2) is 48.5 Å². The maximum absolute atomic E-state index is 6.01. The number of hydrogen-bond acceptors (Lipinski definition) is 5. The lowest BCUT2D eigenvalue weighted by Gasteiger charge is -2.27. The van der Waals surface area contributed by atoms with Crippen molar-refractivity contribution < 1.29 is 4.74 Å². The second-order valence-corrected chi connectivity index (χ2v) is 7.61. The van der Waals surface area contributed by atoms with Gasteiger partial charge in [-0.25, -0.2) is 4.98 Å². The Hall–Kier alpha value is -1.66. The van der Waals surface area contributed by atoms with E-state index < -0.39 is 0 Å². The maximum atomic E-state index is 6.01. The molecule has 3 heterocycles. The molecule has 2 fully saturated rings. The highest BCUT2D eigenvalue weighted by Gasteiger charge is 2.37. The lowest BCUT2D eigenvalue weighted by Crippen LogP contribution is -2.42. The van der Waals surface area contributed by atoms with Crippen molar-refractivity contribution in [2.75, 3.05) is 13.1 Å². The number of para-hydroxylation sites is 1. The molecular weight excluding hydrogens is 354 g/mol. The minimum atomic E-state index is 0. The number of piperazine rings is 1. The molecule has 0 saturated carbocycles. The third-order valence-corrected chi connectivity index (χ3v) is 5.85. The third kappa shape index (κ3) is 3.37. The number of rotatable bonds is 4. The number of aromatic nitrogens is 1. The van der Waals surface area contributed by atoms with E-state index in [1.165, 1.54) is 12.0 Å². The fraction of sp³-hybridized carbons (Fsp3) is 0.316. The number of benzene rings is 2. The van der Waals surface area contributed by atoms with Crippen molar-refractivity contribution in [2.24, 2.45) is 0 Å². The van der Waals surface area contributed by atoms with Crippen molar-refractivity contribution in [2.45, 2.75) is 25.0 Å². The summed E-state index contributed by atoms with van der Waals surface area (Å²) in [6.45, 7) is 3.29. The average Bonchev–Trinajstić information content (AvgIpc) is 3.29. The molecule has 0 spiro atoms. The predicted octanol–water partition coefficient (Wildman–Crippen LogP) is 4.06. The SMILES string of the molecule is Cl.c1cc(CN2CC3CC2CN3)cc(Oc2nc3ccccc3s2)c1. The molecule has 3 aromatic rings. The van der Waals surface area contributed by atoms with E-state index in [1.807, 2.05) is 24.3 Å². The molecule has 2 unspecified atom stereocenters. The van der Waals surface area contributed by atoms with E-state index in [0.717, 1.165) is 35.6 Å². The average molecular weight is 374 g/mol. The van der Waals surface area contributed by atoms with Crippen LogP contribution in [0.5, 0.6) is 10.9 Å². The predicted molar refractivity (Wildman–Crippen MR) is 104 cm³/mol. The van der Waals surface area contributed by atoms with Gasteiger partial charge in [0.25, 0.3) is 5.19 Å². The zero-order valence-corrected chi connectivity index (χ0v) is 15.4. The van der Waals surface area contributed by atoms with E-state index in [1.54, 1.807) is 11.3 Å². The number of halogens is 1. The first-order chi connectivity index (χ1) is 11.8. The van der Waals surface area contributed by atoms with E-state index >= 15 is 0 Å². The van der Waals surface area contributed by atoms with Crippen LogP contribution in [0, 0.1) is 0 Å². The molecule has 0 aliphatic carbocycles. The summed E-state index contributed by atoms with van der Waals surface area (Å²) in [4.78, 5) is 7.13. The van der Waals surface area contributed by atoms with Gasteiger partial charge in [0.2, 0.25) is 0 Å². The van der Waals surface area contributed by atoms with E-state index in [2.05, 4.69) is 39.5 Å². The summed E-state index contributed by atoms with van der Waals surface area (Å²) in [5.41, 5.74) is 2.30. The molecule has 2 atom stereocenters. The van der Waals surface area contributed by atoms with E-state index in [-0.39, 0.29) is 12.4 Å². The Bertz CT molecular complexity index is 851. The van der Waals surface area contributed by atoms with E-state index in [0.29, 0.717) is 17.3 Å². The van der Waals surface area contributed by atoms with Crippen molar-refractivity contribution in [1.29, 1.82) is 0 Å². The van der Waals surface area contributed by atoms with Crippen molar-refractivity contribution in [1.82, 2.24) is 15.2 Å². The zero-order chi connectivity index (χ0) is 15.9. The minimum absolute atomic E-state index is 0. The number of fused-ring (bicyclic) bond motifs is 3. The molecule has 2 bridgehead atoms. The van der Waals surface area contributed by atoms with Gasteiger partial charge in [0.05, 0.1) is 10.2 Å². The van der Waals surface area contributed by atoms with Crippen LogP contribution in [0.2, 0.25) is 0 Å². The first kappa shape index (κ1) is 16.8. The molecule has 2 aliphatic heterocycles. The molecule has 25 heavy (non-hydrogen) atoms. The number of ether oxygens (including phenoxy) is 1. The second-order valence-electron chi connectivity index (χ2n) is 6.62. The maximum Gasteiger partial charge on any atom is 0.279 e. The van der Waals surface area contributed by atoms with Crippen LogP contribution in [0.25, 0.3) is 10.2 Å². The highest BCUT2D eigenvalue weighted by atomic mass is 35.5. The van der Waals surface area contributed by atoms with E-state index in [9.17, 15) is 0 Å². The van der Waals surface area contributed by atoms with Gasteiger partial charge in [-0.3, -0.25) is 4.90 Å². The van der Waals surface area contributed by atoms with Crippen LogP contribution in [-0.4, -0.2) is 35.1 Å². The molecule has 0 radical (unpaired) electrons. The summed E-state index contributed by atoms with van der Waals surface area (Å²) in [5.74, 6) is 0.869. The highest BCUT2D eigenvalue weighted by molar-refractivity contribution is 7.20. The monoisotopic (exact) mass is 373 g/mol. The second kappa shape index (κ2) is 6.92. The van der Waals surface area contributed by atoms with Gasteiger partial charge >= 0.3 is 0 Å². The molecule has 5 rings (SSSR count). The molecule has 2 aliphatic rings. The van der Waals surface area contributed by atoms with E-state index in [4.69, 9.17) is 4.74 Å². The lowest BCUT2D eigenvalue weighted by atomic mass is 10.2. The van der Waals surface area contributed by atoms with Crippen molar-refractivity contribution >= 4 is 34.0 Å². The summed E-state index contributed by atoms with van der Waals surface area (Å²) in [6, 6.07) is 17.9. The molecule has 0 amide bonds. The first-order valence-electron chi connectivity index (χ1n) is 8.43. The van der Waals surface area contributed by atoms with Crippen LogP contribution in [0.4, 0.5) is 0 Å². The third-order valence-electron chi connectivity index (χ3n) is 4.93. The number of nitrogens with zero attached hydrogens (tertiary/aromatic N) is 2. The Morgan fingerprint density at radius 1 is 1.20 bits per heavy atom. The Morgan fingerprint density at radius 2 is 2.12 bits per heavy atom. The Labute approximate surface area is 157 Å². The van der Waals surface area contributed by atoms with Gasteiger partial charge in [0.15, 0.2) is 0 Å². The Kier molecular flexibility index (Phi) is 4.65. The molecule has 4 nitrogen and oxygen atoms in total.